The van der Waals surface area contributed by atoms with Crippen molar-refractivity contribution in [1.29, 1.82) is 0 Å². The van der Waals surface area contributed by atoms with Gasteiger partial charge in [-0.05, 0) is 37.0 Å². The van der Waals surface area contributed by atoms with Crippen LogP contribution < -0.4 is 0 Å². The first kappa shape index (κ1) is 18.7. The summed E-state index contributed by atoms with van der Waals surface area (Å²) in [6.45, 7) is 3.89. The first-order valence-corrected chi connectivity index (χ1v) is 9.76. The van der Waals surface area contributed by atoms with Crippen molar-refractivity contribution in [2.24, 2.45) is 11.3 Å². The highest BCUT2D eigenvalue weighted by Crippen LogP contribution is 2.45. The maximum Gasteiger partial charge on any atom is 0.308 e. The molecule has 2 aromatic carbocycles. The van der Waals surface area contributed by atoms with Crippen molar-refractivity contribution in [3.05, 3.63) is 59.7 Å². The Kier molecular flexibility index (Phi) is 4.94. The largest absolute Gasteiger partial charge is 0.481 e. The summed E-state index contributed by atoms with van der Waals surface area (Å²) in [4.78, 5) is 27.1. The normalized spacial score (nSPS) is 21.0. The van der Waals surface area contributed by atoms with E-state index in [0.717, 1.165) is 16.7 Å². The van der Waals surface area contributed by atoms with Crippen molar-refractivity contribution in [2.45, 2.75) is 19.8 Å². The van der Waals surface area contributed by atoms with Gasteiger partial charge in [-0.25, -0.2) is 0 Å². The van der Waals surface area contributed by atoms with Crippen LogP contribution >= 0.6 is 0 Å². The highest BCUT2D eigenvalue weighted by atomic mass is 16.5. The smallest absolute Gasteiger partial charge is 0.308 e. The van der Waals surface area contributed by atoms with Crippen molar-refractivity contribution in [3.8, 4) is 11.1 Å². The van der Waals surface area contributed by atoms with E-state index in [1.165, 1.54) is 0 Å². The van der Waals surface area contributed by atoms with E-state index >= 15 is 0 Å². The van der Waals surface area contributed by atoms with Gasteiger partial charge in [-0.1, -0.05) is 48.0 Å². The molecule has 5 nitrogen and oxygen atoms in total. The third-order valence-corrected chi connectivity index (χ3v) is 6.21. The van der Waals surface area contributed by atoms with Gasteiger partial charge in [0.15, 0.2) is 0 Å². The van der Waals surface area contributed by atoms with Gasteiger partial charge in [0.25, 0.3) is 5.91 Å². The number of rotatable bonds is 3. The molecule has 0 aromatic heterocycles. The molecule has 2 fully saturated rings. The predicted octanol–water partition coefficient (Wildman–Crippen LogP) is 3.62. The molecular formula is C23H25NO4. The third-order valence-electron chi connectivity index (χ3n) is 6.21. The average molecular weight is 379 g/mol. The Morgan fingerprint density at radius 2 is 1.86 bits per heavy atom. The summed E-state index contributed by atoms with van der Waals surface area (Å²) >= 11 is 0. The van der Waals surface area contributed by atoms with Crippen LogP contribution in [0, 0.1) is 18.3 Å². The Bertz CT molecular complexity index is 901. The number of carbonyl (C=O) groups excluding carboxylic acids is 1. The molecule has 1 N–H and O–H groups in total. The van der Waals surface area contributed by atoms with E-state index in [2.05, 4.69) is 6.07 Å². The molecule has 0 saturated carbocycles. The summed E-state index contributed by atoms with van der Waals surface area (Å²) in [5.41, 5.74) is 3.27. The molecule has 1 amide bonds. The topological polar surface area (TPSA) is 66.8 Å². The molecular weight excluding hydrogens is 354 g/mol. The number of aliphatic carboxylic acids is 1. The Morgan fingerprint density at radius 3 is 2.57 bits per heavy atom. The van der Waals surface area contributed by atoms with Crippen LogP contribution in [0.5, 0.6) is 0 Å². The predicted molar refractivity (Wildman–Crippen MR) is 106 cm³/mol. The van der Waals surface area contributed by atoms with E-state index in [0.29, 0.717) is 38.2 Å². The van der Waals surface area contributed by atoms with Gasteiger partial charge in [-0.15, -0.1) is 0 Å². The highest BCUT2D eigenvalue weighted by molar-refractivity contribution is 6.01. The van der Waals surface area contributed by atoms with Crippen LogP contribution in [0.15, 0.2) is 48.5 Å². The number of aryl methyl sites for hydroxylation is 1. The summed E-state index contributed by atoms with van der Waals surface area (Å²) in [5.74, 6) is -1.44. The molecule has 2 aliphatic rings. The number of ether oxygens (including phenoxy) is 1. The summed E-state index contributed by atoms with van der Waals surface area (Å²) < 4.78 is 5.46. The maximum absolute atomic E-state index is 13.4. The number of benzene rings is 2. The summed E-state index contributed by atoms with van der Waals surface area (Å²) in [6.07, 6.45) is 1.38. The molecule has 146 valence electrons. The van der Waals surface area contributed by atoms with Gasteiger partial charge in [0.1, 0.15) is 0 Å². The second-order valence-corrected chi connectivity index (χ2v) is 7.97. The molecule has 2 aliphatic heterocycles. The van der Waals surface area contributed by atoms with E-state index < -0.39 is 11.9 Å². The molecule has 1 spiro atoms. The molecule has 1 unspecified atom stereocenters. The van der Waals surface area contributed by atoms with Crippen molar-refractivity contribution in [3.63, 3.8) is 0 Å². The molecule has 2 aromatic rings. The zero-order valence-electron chi connectivity index (χ0n) is 16.1. The number of carboxylic acid groups (broad SMARTS) is 1. The van der Waals surface area contributed by atoms with E-state index in [-0.39, 0.29) is 17.9 Å². The van der Waals surface area contributed by atoms with Crippen LogP contribution in [0.2, 0.25) is 0 Å². The average Bonchev–Trinajstić information content (AvgIpc) is 3.07. The first-order chi connectivity index (χ1) is 13.5. The Balaban J connectivity index is 1.66. The van der Waals surface area contributed by atoms with Crippen LogP contribution in [0.1, 0.15) is 28.8 Å². The SMILES string of the molecule is Cc1cccc(-c2ccccc2C(=O)N2CC(C(=O)O)C3(CCOCC3)C2)c1. The van der Waals surface area contributed by atoms with E-state index in [1.807, 2.05) is 49.4 Å². The second-order valence-electron chi connectivity index (χ2n) is 7.97. The Hall–Kier alpha value is -2.66. The Morgan fingerprint density at radius 1 is 1.11 bits per heavy atom. The van der Waals surface area contributed by atoms with Gasteiger partial charge in [-0.3, -0.25) is 9.59 Å². The number of amides is 1. The first-order valence-electron chi connectivity index (χ1n) is 9.76. The fourth-order valence-corrected chi connectivity index (χ4v) is 4.65. The van der Waals surface area contributed by atoms with Crippen molar-refractivity contribution in [1.82, 2.24) is 4.90 Å². The van der Waals surface area contributed by atoms with Gasteiger partial charge in [0.05, 0.1) is 5.92 Å². The number of hydrogen-bond donors (Lipinski definition) is 1. The molecule has 1 atom stereocenters. The van der Waals surface area contributed by atoms with Gasteiger partial charge < -0.3 is 14.7 Å². The van der Waals surface area contributed by atoms with Crippen LogP contribution in [-0.2, 0) is 9.53 Å². The Labute approximate surface area is 164 Å². The molecule has 28 heavy (non-hydrogen) atoms. The molecule has 0 radical (unpaired) electrons. The number of hydrogen-bond acceptors (Lipinski definition) is 3. The third kappa shape index (κ3) is 3.31. The minimum Gasteiger partial charge on any atom is -0.481 e. The minimum absolute atomic E-state index is 0.0910. The van der Waals surface area contributed by atoms with E-state index in [4.69, 9.17) is 4.74 Å². The zero-order chi connectivity index (χ0) is 19.7. The number of likely N-dealkylation sites (tertiary alicyclic amines) is 1. The standard InChI is InChI=1S/C23H25NO4/c1-16-5-4-6-17(13-16)18-7-2-3-8-19(18)21(25)24-14-20(22(26)27)23(15-24)9-11-28-12-10-23/h2-8,13,20H,9-12,14-15H2,1H3,(H,26,27). The monoisotopic (exact) mass is 379 g/mol. The lowest BCUT2D eigenvalue weighted by atomic mass is 9.72. The molecule has 0 bridgehead atoms. The number of carbonyl (C=O) groups is 2. The van der Waals surface area contributed by atoms with E-state index in [1.54, 1.807) is 4.90 Å². The number of carboxylic acids is 1. The minimum atomic E-state index is -0.816. The van der Waals surface area contributed by atoms with Crippen molar-refractivity contribution >= 4 is 11.9 Å². The molecule has 5 heteroatoms. The lowest BCUT2D eigenvalue weighted by molar-refractivity contribution is -0.146. The van der Waals surface area contributed by atoms with Gasteiger partial charge >= 0.3 is 5.97 Å². The lowest BCUT2D eigenvalue weighted by Gasteiger charge is -2.36. The van der Waals surface area contributed by atoms with Gasteiger partial charge in [0, 0.05) is 37.3 Å². The van der Waals surface area contributed by atoms with Crippen LogP contribution in [0.4, 0.5) is 0 Å². The highest BCUT2D eigenvalue weighted by Gasteiger charge is 2.52. The molecule has 2 heterocycles. The van der Waals surface area contributed by atoms with Crippen molar-refractivity contribution < 1.29 is 19.4 Å². The summed E-state index contributed by atoms with van der Waals surface area (Å²) in [7, 11) is 0. The molecule has 0 aliphatic carbocycles. The second kappa shape index (κ2) is 7.40. The fraction of sp³-hybridized carbons (Fsp3) is 0.391. The van der Waals surface area contributed by atoms with E-state index in [9.17, 15) is 14.7 Å². The zero-order valence-corrected chi connectivity index (χ0v) is 16.1. The summed E-state index contributed by atoms with van der Waals surface area (Å²) in [5, 5.41) is 9.79. The molecule has 4 rings (SSSR count). The van der Waals surface area contributed by atoms with Crippen LogP contribution in [-0.4, -0.2) is 48.2 Å². The van der Waals surface area contributed by atoms with Crippen LogP contribution in [0.25, 0.3) is 11.1 Å². The fourth-order valence-electron chi connectivity index (χ4n) is 4.65. The van der Waals surface area contributed by atoms with Crippen LogP contribution in [0.3, 0.4) is 0 Å². The maximum atomic E-state index is 13.4. The van der Waals surface area contributed by atoms with Gasteiger partial charge in [0.2, 0.25) is 0 Å². The summed E-state index contributed by atoms with van der Waals surface area (Å²) in [6, 6.07) is 15.7. The van der Waals surface area contributed by atoms with Gasteiger partial charge in [-0.2, -0.15) is 0 Å². The number of nitrogens with zero attached hydrogens (tertiary/aromatic N) is 1. The van der Waals surface area contributed by atoms with Crippen molar-refractivity contribution in [2.75, 3.05) is 26.3 Å². The quantitative estimate of drug-likeness (QED) is 0.885. The lowest BCUT2D eigenvalue weighted by Crippen LogP contribution is -2.40. The molecule has 2 saturated heterocycles.